The van der Waals surface area contributed by atoms with Gasteiger partial charge < -0.3 is 15.0 Å². The predicted molar refractivity (Wildman–Crippen MR) is 108 cm³/mol. The fourth-order valence-corrected chi connectivity index (χ4v) is 2.84. The van der Waals surface area contributed by atoms with Gasteiger partial charge in [-0.1, -0.05) is 32.0 Å². The molecule has 0 saturated heterocycles. The lowest BCUT2D eigenvalue weighted by atomic mass is 9.98. The Kier molecular flexibility index (Phi) is 7.22. The van der Waals surface area contributed by atoms with Gasteiger partial charge in [0, 0.05) is 12.2 Å². The number of hydrogen-bond donors (Lipinski definition) is 1. The van der Waals surface area contributed by atoms with Crippen LogP contribution in [0.1, 0.15) is 36.5 Å². The minimum Gasteiger partial charge on any atom is -0.484 e. The Hall–Kier alpha value is -2.33. The summed E-state index contributed by atoms with van der Waals surface area (Å²) in [5.74, 6) is 1.05. The molecule has 0 saturated carbocycles. The van der Waals surface area contributed by atoms with Gasteiger partial charge in [-0.05, 0) is 74.3 Å². The highest BCUT2D eigenvalue weighted by Crippen LogP contribution is 2.23. The van der Waals surface area contributed by atoms with Crippen molar-refractivity contribution in [3.8, 4) is 5.75 Å². The first kappa shape index (κ1) is 20.0. The number of nitrogens with zero attached hydrogens (tertiary/aromatic N) is 1. The molecule has 2 aromatic carbocycles. The van der Waals surface area contributed by atoms with Gasteiger partial charge in [-0.25, -0.2) is 0 Å². The molecule has 0 fully saturated rings. The molecule has 2 aromatic rings. The monoisotopic (exact) mass is 354 g/mol. The van der Waals surface area contributed by atoms with Crippen molar-refractivity contribution in [1.29, 1.82) is 0 Å². The number of anilines is 1. The summed E-state index contributed by atoms with van der Waals surface area (Å²) in [6.07, 6.45) is 0.996. The number of benzene rings is 2. The van der Waals surface area contributed by atoms with Crippen molar-refractivity contribution in [2.45, 2.75) is 33.1 Å². The van der Waals surface area contributed by atoms with Gasteiger partial charge >= 0.3 is 0 Å². The normalized spacial score (nSPS) is 11.0. The van der Waals surface area contributed by atoms with Gasteiger partial charge in [-0.3, -0.25) is 4.79 Å². The first-order valence-electron chi connectivity index (χ1n) is 9.12. The summed E-state index contributed by atoms with van der Waals surface area (Å²) >= 11 is 0. The molecule has 0 aromatic heterocycles. The second-order valence-corrected chi connectivity index (χ2v) is 7.26. The molecule has 0 aliphatic heterocycles. The van der Waals surface area contributed by atoms with Gasteiger partial charge in [0.15, 0.2) is 6.61 Å². The minimum absolute atomic E-state index is 0.00282. The number of carbonyl (C=O) groups is 1. The smallest absolute Gasteiger partial charge is 0.262 e. The molecule has 2 rings (SSSR count). The molecule has 0 spiro atoms. The van der Waals surface area contributed by atoms with E-state index < -0.39 is 0 Å². The fourth-order valence-electron chi connectivity index (χ4n) is 2.84. The van der Waals surface area contributed by atoms with E-state index in [1.807, 2.05) is 36.4 Å². The number of nitrogens with one attached hydrogen (secondary N) is 1. The molecule has 140 valence electrons. The summed E-state index contributed by atoms with van der Waals surface area (Å²) in [7, 11) is 4.12. The average molecular weight is 354 g/mol. The van der Waals surface area contributed by atoms with Crippen molar-refractivity contribution in [2.24, 2.45) is 0 Å². The Morgan fingerprint density at radius 2 is 1.81 bits per heavy atom. The van der Waals surface area contributed by atoms with Gasteiger partial charge in [0.2, 0.25) is 0 Å². The molecule has 0 aliphatic rings. The Morgan fingerprint density at radius 3 is 2.38 bits per heavy atom. The van der Waals surface area contributed by atoms with E-state index in [-0.39, 0.29) is 12.5 Å². The SMILES string of the molecule is Cc1cc(OCC(=O)Nc2ccc(CCN(C)C)cc2)ccc1C(C)C. The van der Waals surface area contributed by atoms with Crippen molar-refractivity contribution >= 4 is 11.6 Å². The lowest BCUT2D eigenvalue weighted by molar-refractivity contribution is -0.118. The average Bonchev–Trinajstić information content (AvgIpc) is 2.59. The number of carbonyl (C=O) groups excluding carboxylic acids is 1. The first-order chi connectivity index (χ1) is 12.3. The zero-order chi connectivity index (χ0) is 19.1. The lowest BCUT2D eigenvalue weighted by Crippen LogP contribution is -2.20. The van der Waals surface area contributed by atoms with E-state index in [0.717, 1.165) is 24.4 Å². The maximum absolute atomic E-state index is 12.1. The van der Waals surface area contributed by atoms with Crippen LogP contribution in [0.5, 0.6) is 5.75 Å². The molecule has 0 heterocycles. The number of aryl methyl sites for hydroxylation is 1. The number of amides is 1. The zero-order valence-electron chi connectivity index (χ0n) is 16.5. The second-order valence-electron chi connectivity index (χ2n) is 7.26. The molecular weight excluding hydrogens is 324 g/mol. The van der Waals surface area contributed by atoms with Crippen LogP contribution in [0, 0.1) is 6.92 Å². The minimum atomic E-state index is -0.156. The Morgan fingerprint density at radius 1 is 1.12 bits per heavy atom. The molecule has 26 heavy (non-hydrogen) atoms. The van der Waals surface area contributed by atoms with Crippen LogP contribution in [-0.4, -0.2) is 38.1 Å². The summed E-state index contributed by atoms with van der Waals surface area (Å²) in [5, 5.41) is 2.87. The number of likely N-dealkylation sites (N-methyl/N-ethyl adjacent to an activating group) is 1. The van der Waals surface area contributed by atoms with Crippen LogP contribution < -0.4 is 10.1 Å². The van der Waals surface area contributed by atoms with E-state index in [4.69, 9.17) is 4.74 Å². The van der Waals surface area contributed by atoms with E-state index in [2.05, 4.69) is 51.1 Å². The molecular formula is C22H30N2O2. The molecule has 4 nitrogen and oxygen atoms in total. The van der Waals surface area contributed by atoms with E-state index >= 15 is 0 Å². The van der Waals surface area contributed by atoms with Gasteiger partial charge in [-0.15, -0.1) is 0 Å². The topological polar surface area (TPSA) is 41.6 Å². The number of rotatable bonds is 8. The van der Waals surface area contributed by atoms with Gasteiger partial charge in [0.1, 0.15) is 5.75 Å². The van der Waals surface area contributed by atoms with E-state index in [1.165, 1.54) is 16.7 Å². The fraction of sp³-hybridized carbons (Fsp3) is 0.409. The van der Waals surface area contributed by atoms with Crippen molar-refractivity contribution in [2.75, 3.05) is 32.6 Å². The standard InChI is InChI=1S/C22H30N2O2/c1-16(2)21-11-10-20(14-17(21)3)26-15-22(25)23-19-8-6-18(7-9-19)12-13-24(4)5/h6-11,14,16H,12-13,15H2,1-5H3,(H,23,25). The molecule has 0 aliphatic carbocycles. The molecule has 0 unspecified atom stereocenters. The third-order valence-corrected chi connectivity index (χ3v) is 4.32. The van der Waals surface area contributed by atoms with Crippen LogP contribution in [0.25, 0.3) is 0 Å². The lowest BCUT2D eigenvalue weighted by Gasteiger charge is -2.13. The number of hydrogen-bond acceptors (Lipinski definition) is 3. The van der Waals surface area contributed by atoms with Crippen molar-refractivity contribution < 1.29 is 9.53 Å². The first-order valence-corrected chi connectivity index (χ1v) is 9.12. The summed E-state index contributed by atoms with van der Waals surface area (Å²) in [5.41, 5.74) is 4.54. The highest BCUT2D eigenvalue weighted by atomic mass is 16.5. The molecule has 0 atom stereocenters. The third-order valence-electron chi connectivity index (χ3n) is 4.32. The van der Waals surface area contributed by atoms with E-state index in [9.17, 15) is 4.79 Å². The maximum Gasteiger partial charge on any atom is 0.262 e. The molecule has 1 N–H and O–H groups in total. The molecule has 1 amide bonds. The van der Waals surface area contributed by atoms with Crippen molar-refractivity contribution in [1.82, 2.24) is 4.90 Å². The highest BCUT2D eigenvalue weighted by Gasteiger charge is 2.07. The van der Waals surface area contributed by atoms with Crippen LogP contribution in [0.15, 0.2) is 42.5 Å². The van der Waals surface area contributed by atoms with Crippen molar-refractivity contribution in [3.05, 3.63) is 59.2 Å². The van der Waals surface area contributed by atoms with Crippen molar-refractivity contribution in [3.63, 3.8) is 0 Å². The van der Waals surface area contributed by atoms with Gasteiger partial charge in [0.05, 0.1) is 0 Å². The highest BCUT2D eigenvalue weighted by molar-refractivity contribution is 5.91. The zero-order valence-corrected chi connectivity index (χ0v) is 16.5. The van der Waals surface area contributed by atoms with Crippen LogP contribution >= 0.6 is 0 Å². The maximum atomic E-state index is 12.1. The van der Waals surface area contributed by atoms with E-state index in [0.29, 0.717) is 5.92 Å². The molecule has 0 radical (unpaired) electrons. The van der Waals surface area contributed by atoms with Crippen LogP contribution in [0.3, 0.4) is 0 Å². The van der Waals surface area contributed by atoms with Crippen LogP contribution in [0.2, 0.25) is 0 Å². The molecule has 0 bridgehead atoms. The second kappa shape index (κ2) is 9.39. The summed E-state index contributed by atoms with van der Waals surface area (Å²) in [6, 6.07) is 14.0. The quantitative estimate of drug-likeness (QED) is 0.771. The van der Waals surface area contributed by atoms with E-state index in [1.54, 1.807) is 0 Å². The largest absolute Gasteiger partial charge is 0.484 e. The molecule has 4 heteroatoms. The van der Waals surface area contributed by atoms with Gasteiger partial charge in [0.25, 0.3) is 5.91 Å². The Balaban J connectivity index is 1.84. The predicted octanol–water partition coefficient (Wildman–Crippen LogP) is 4.24. The Labute approximate surface area is 157 Å². The number of ether oxygens (including phenoxy) is 1. The Bertz CT molecular complexity index is 721. The third kappa shape index (κ3) is 6.19. The summed E-state index contributed by atoms with van der Waals surface area (Å²) in [6.45, 7) is 7.42. The van der Waals surface area contributed by atoms with Crippen LogP contribution in [0.4, 0.5) is 5.69 Å². The summed E-state index contributed by atoms with van der Waals surface area (Å²) in [4.78, 5) is 14.3. The van der Waals surface area contributed by atoms with Gasteiger partial charge in [-0.2, -0.15) is 0 Å². The van der Waals surface area contributed by atoms with Crippen LogP contribution in [-0.2, 0) is 11.2 Å². The summed E-state index contributed by atoms with van der Waals surface area (Å²) < 4.78 is 5.63.